The van der Waals surface area contributed by atoms with Gasteiger partial charge < -0.3 is 30.0 Å². The third kappa shape index (κ3) is 9.39. The molecular formula is C30H33FN2O7. The fourth-order valence-corrected chi connectivity index (χ4v) is 3.78. The third-order valence-electron chi connectivity index (χ3n) is 5.46. The van der Waals surface area contributed by atoms with Crippen LogP contribution in [0, 0.1) is 5.82 Å². The Bertz CT molecular complexity index is 1370. The minimum absolute atomic E-state index is 0.0252. The van der Waals surface area contributed by atoms with E-state index < -0.39 is 29.4 Å². The number of carbonyl (C=O) groups excluding carboxylic acids is 2. The molecule has 3 aromatic carbocycles. The van der Waals surface area contributed by atoms with Crippen molar-refractivity contribution in [3.05, 3.63) is 83.2 Å². The number of aliphatic carboxylic acids is 1. The quantitative estimate of drug-likeness (QED) is 0.271. The number of carboxylic acids is 1. The van der Waals surface area contributed by atoms with Crippen LogP contribution < -0.4 is 15.4 Å². The van der Waals surface area contributed by atoms with Gasteiger partial charge in [-0.2, -0.15) is 0 Å². The Morgan fingerprint density at radius 3 is 2.38 bits per heavy atom. The lowest BCUT2D eigenvalue weighted by Crippen LogP contribution is -2.32. The van der Waals surface area contributed by atoms with E-state index in [4.69, 9.17) is 14.2 Å². The number of alkyl carbamates (subject to hydrolysis) is 1. The molecule has 0 aliphatic heterocycles. The second-order valence-electron chi connectivity index (χ2n) is 9.97. The average molecular weight is 553 g/mol. The molecule has 0 saturated carbocycles. The summed E-state index contributed by atoms with van der Waals surface area (Å²) < 4.78 is 30.7. The van der Waals surface area contributed by atoms with Crippen molar-refractivity contribution in [3.63, 3.8) is 0 Å². The summed E-state index contributed by atoms with van der Waals surface area (Å²) in [6.07, 6.45) is -0.889. The maximum absolute atomic E-state index is 14.6. The molecule has 0 unspecified atom stereocenters. The molecule has 0 atom stereocenters. The lowest BCUT2D eigenvalue weighted by molar-refractivity contribution is -0.136. The Balaban J connectivity index is 1.92. The van der Waals surface area contributed by atoms with Gasteiger partial charge in [0, 0.05) is 24.9 Å². The van der Waals surface area contributed by atoms with Crippen LogP contribution in [0.3, 0.4) is 0 Å². The molecule has 0 radical (unpaired) electrons. The van der Waals surface area contributed by atoms with Crippen LogP contribution in [-0.2, 0) is 27.2 Å². The summed E-state index contributed by atoms with van der Waals surface area (Å²) in [6.45, 7) is 5.79. The van der Waals surface area contributed by atoms with Gasteiger partial charge in [0.25, 0.3) is 5.91 Å². The highest BCUT2D eigenvalue weighted by Gasteiger charge is 2.17. The number of carboxylic acid groups (broad SMARTS) is 1. The Morgan fingerprint density at radius 1 is 0.950 bits per heavy atom. The number of rotatable bonds is 11. The molecule has 0 aliphatic rings. The minimum atomic E-state index is -1.03. The summed E-state index contributed by atoms with van der Waals surface area (Å²) in [7, 11) is 1.53. The van der Waals surface area contributed by atoms with Gasteiger partial charge in [0.15, 0.2) is 0 Å². The fraction of sp³-hybridized carbons (Fsp3) is 0.300. The molecule has 2 amide bonds. The number of amides is 2. The molecule has 0 saturated heterocycles. The maximum Gasteiger partial charge on any atom is 0.407 e. The van der Waals surface area contributed by atoms with Crippen molar-refractivity contribution in [2.75, 3.05) is 25.6 Å². The molecule has 3 aromatic rings. The zero-order chi connectivity index (χ0) is 29.3. The monoisotopic (exact) mass is 552 g/mol. The van der Waals surface area contributed by atoms with Crippen molar-refractivity contribution in [2.45, 2.75) is 39.3 Å². The molecule has 0 aromatic heterocycles. The molecule has 3 rings (SSSR count). The van der Waals surface area contributed by atoms with Gasteiger partial charge in [-0.1, -0.05) is 18.2 Å². The van der Waals surface area contributed by atoms with Crippen LogP contribution in [0.1, 0.15) is 42.3 Å². The van der Waals surface area contributed by atoms with Crippen molar-refractivity contribution in [2.24, 2.45) is 0 Å². The summed E-state index contributed by atoms with van der Waals surface area (Å²) in [6, 6.07) is 15.7. The van der Waals surface area contributed by atoms with Gasteiger partial charge in [-0.15, -0.1) is 0 Å². The van der Waals surface area contributed by atoms with Crippen molar-refractivity contribution in [1.29, 1.82) is 0 Å². The first-order valence-corrected chi connectivity index (χ1v) is 12.6. The summed E-state index contributed by atoms with van der Waals surface area (Å²) in [4.78, 5) is 36.6. The van der Waals surface area contributed by atoms with Crippen molar-refractivity contribution >= 4 is 23.7 Å². The predicted molar refractivity (Wildman–Crippen MR) is 148 cm³/mol. The molecule has 0 aliphatic carbocycles. The lowest BCUT2D eigenvalue weighted by atomic mass is 9.99. The van der Waals surface area contributed by atoms with E-state index in [-0.39, 0.29) is 25.1 Å². The summed E-state index contributed by atoms with van der Waals surface area (Å²) in [5.41, 5.74) is 1.79. The van der Waals surface area contributed by atoms with Crippen LogP contribution >= 0.6 is 0 Å². The van der Waals surface area contributed by atoms with Crippen LogP contribution in [0.2, 0.25) is 0 Å². The van der Waals surface area contributed by atoms with E-state index in [1.165, 1.54) is 19.2 Å². The standard InChI is InChI=1S/C30H33FN2O7/c1-30(2,3)40-29(37)32-18-19-11-21(14-24(31)12-19)22-13-23(16-25(15-22)39-10-9-38-4)28(36)33-26-8-6-5-7-20(26)17-27(34)35/h5-8,11-16H,9-10,17-18H2,1-4H3,(H,32,37)(H,33,36)(H,34,35). The molecule has 3 N–H and O–H groups in total. The van der Waals surface area contributed by atoms with Crippen LogP contribution in [-0.4, -0.2) is 49.0 Å². The number of carbonyl (C=O) groups is 3. The van der Waals surface area contributed by atoms with E-state index >= 15 is 0 Å². The number of hydrogen-bond donors (Lipinski definition) is 3. The molecular weight excluding hydrogens is 519 g/mol. The third-order valence-corrected chi connectivity index (χ3v) is 5.46. The Morgan fingerprint density at radius 2 is 1.68 bits per heavy atom. The van der Waals surface area contributed by atoms with E-state index in [1.807, 2.05) is 0 Å². The van der Waals surface area contributed by atoms with Gasteiger partial charge in [-0.25, -0.2) is 9.18 Å². The van der Waals surface area contributed by atoms with Gasteiger partial charge in [-0.05, 0) is 85.5 Å². The Kier molecular flexibility index (Phi) is 10.2. The number of anilines is 1. The topological polar surface area (TPSA) is 123 Å². The van der Waals surface area contributed by atoms with Gasteiger partial charge >= 0.3 is 12.1 Å². The van der Waals surface area contributed by atoms with Crippen LogP contribution in [0.4, 0.5) is 14.9 Å². The largest absolute Gasteiger partial charge is 0.491 e. The minimum Gasteiger partial charge on any atom is -0.491 e. The Labute approximate surface area is 232 Å². The maximum atomic E-state index is 14.6. The van der Waals surface area contributed by atoms with Crippen LogP contribution in [0.15, 0.2) is 60.7 Å². The van der Waals surface area contributed by atoms with Gasteiger partial charge in [0.2, 0.25) is 0 Å². The van der Waals surface area contributed by atoms with E-state index in [9.17, 15) is 23.9 Å². The first-order valence-electron chi connectivity index (χ1n) is 12.6. The number of halogens is 1. The molecule has 9 nitrogen and oxygen atoms in total. The van der Waals surface area contributed by atoms with Crippen molar-refractivity contribution < 1.29 is 38.1 Å². The smallest absolute Gasteiger partial charge is 0.407 e. The normalized spacial score (nSPS) is 11.0. The zero-order valence-corrected chi connectivity index (χ0v) is 22.9. The number of hydrogen-bond acceptors (Lipinski definition) is 6. The molecule has 0 fully saturated rings. The molecule has 40 heavy (non-hydrogen) atoms. The van der Waals surface area contributed by atoms with Gasteiger partial charge in [-0.3, -0.25) is 9.59 Å². The predicted octanol–water partition coefficient (Wildman–Crippen LogP) is 5.42. The zero-order valence-electron chi connectivity index (χ0n) is 22.9. The first kappa shape index (κ1) is 30.1. The number of nitrogens with one attached hydrogen (secondary N) is 2. The van der Waals surface area contributed by atoms with E-state index in [0.29, 0.717) is 40.3 Å². The molecule has 0 bridgehead atoms. The molecule has 212 valence electrons. The fourth-order valence-electron chi connectivity index (χ4n) is 3.78. The number of para-hydroxylation sites is 1. The van der Waals surface area contributed by atoms with Gasteiger partial charge in [0.05, 0.1) is 13.0 Å². The van der Waals surface area contributed by atoms with E-state index in [0.717, 1.165) is 0 Å². The molecule has 10 heteroatoms. The number of methoxy groups -OCH3 is 1. The number of ether oxygens (including phenoxy) is 3. The molecule has 0 heterocycles. The second kappa shape index (κ2) is 13.6. The lowest BCUT2D eigenvalue weighted by Gasteiger charge is -2.19. The number of benzene rings is 3. The van der Waals surface area contributed by atoms with Crippen LogP contribution in [0.5, 0.6) is 5.75 Å². The summed E-state index contributed by atoms with van der Waals surface area (Å²) in [5, 5.41) is 14.6. The highest BCUT2D eigenvalue weighted by molar-refractivity contribution is 6.06. The average Bonchev–Trinajstić information content (AvgIpc) is 2.87. The molecule has 0 spiro atoms. The van der Waals surface area contributed by atoms with Crippen molar-refractivity contribution in [3.8, 4) is 16.9 Å². The van der Waals surface area contributed by atoms with Crippen LogP contribution in [0.25, 0.3) is 11.1 Å². The van der Waals surface area contributed by atoms with Crippen molar-refractivity contribution in [1.82, 2.24) is 5.32 Å². The second-order valence-corrected chi connectivity index (χ2v) is 9.97. The highest BCUT2D eigenvalue weighted by Crippen LogP contribution is 2.29. The van der Waals surface area contributed by atoms with E-state index in [1.54, 1.807) is 69.3 Å². The summed E-state index contributed by atoms with van der Waals surface area (Å²) >= 11 is 0. The van der Waals surface area contributed by atoms with E-state index in [2.05, 4.69) is 10.6 Å². The highest BCUT2D eigenvalue weighted by atomic mass is 19.1. The SMILES string of the molecule is COCCOc1cc(C(=O)Nc2ccccc2CC(=O)O)cc(-c2cc(F)cc(CNC(=O)OC(C)(C)C)c2)c1. The van der Waals surface area contributed by atoms with Gasteiger partial charge in [0.1, 0.15) is 23.8 Å². The summed E-state index contributed by atoms with van der Waals surface area (Å²) in [5.74, 6) is -1.70. The Hall–Kier alpha value is -4.44. The first-order chi connectivity index (χ1) is 18.9.